The zero-order valence-electron chi connectivity index (χ0n) is 18.8. The molecule has 0 spiro atoms. The van der Waals surface area contributed by atoms with Crippen LogP contribution in [0.2, 0.25) is 0 Å². The summed E-state index contributed by atoms with van der Waals surface area (Å²) in [7, 11) is 1.32. The lowest BCUT2D eigenvalue weighted by molar-refractivity contribution is -0.137. The molecule has 7 nitrogen and oxygen atoms in total. The van der Waals surface area contributed by atoms with E-state index in [9.17, 15) is 22.8 Å². The molecular formula is C23H23F3N4O3S. The Morgan fingerprint density at radius 3 is 2.47 bits per heavy atom. The summed E-state index contributed by atoms with van der Waals surface area (Å²) in [5, 5.41) is 0. The van der Waals surface area contributed by atoms with Crippen LogP contribution in [0, 0.1) is 6.92 Å². The summed E-state index contributed by atoms with van der Waals surface area (Å²) in [5.74, 6) is 0.0262. The molecule has 0 radical (unpaired) electrons. The molecule has 4 rings (SSSR count). The second-order valence-corrected chi connectivity index (χ2v) is 9.08. The molecule has 0 bridgehead atoms. The first-order valence-electron chi connectivity index (χ1n) is 10.6. The van der Waals surface area contributed by atoms with Crippen molar-refractivity contribution < 1.29 is 22.8 Å². The van der Waals surface area contributed by atoms with Crippen LogP contribution < -0.4 is 15.3 Å². The van der Waals surface area contributed by atoms with Gasteiger partial charge in [-0.2, -0.15) is 13.2 Å². The van der Waals surface area contributed by atoms with Crippen molar-refractivity contribution in [2.24, 2.45) is 0 Å². The van der Waals surface area contributed by atoms with Gasteiger partial charge in [-0.25, -0.2) is 4.98 Å². The number of benzene rings is 1. The number of hydrogen-bond donors (Lipinski definition) is 0. The highest BCUT2D eigenvalue weighted by molar-refractivity contribution is 7.13. The summed E-state index contributed by atoms with van der Waals surface area (Å²) in [6, 6.07) is 8.30. The average Bonchev–Trinajstić information content (AvgIpc) is 3.25. The van der Waals surface area contributed by atoms with Crippen molar-refractivity contribution in [1.29, 1.82) is 0 Å². The topological polar surface area (TPSA) is 67.7 Å². The van der Waals surface area contributed by atoms with Gasteiger partial charge < -0.3 is 14.6 Å². The minimum atomic E-state index is -4.45. The molecule has 0 saturated carbocycles. The second-order valence-electron chi connectivity index (χ2n) is 7.80. The number of fused-ring (bicyclic) bond motifs is 1. The molecule has 34 heavy (non-hydrogen) atoms. The summed E-state index contributed by atoms with van der Waals surface area (Å²) in [6.07, 6.45) is -4.07. The molecule has 1 aromatic carbocycles. The van der Waals surface area contributed by atoms with Gasteiger partial charge in [-0.05, 0) is 50.2 Å². The maximum atomic E-state index is 13.3. The molecule has 0 fully saturated rings. The Labute approximate surface area is 198 Å². The molecule has 0 atom stereocenters. The summed E-state index contributed by atoms with van der Waals surface area (Å²) >= 11 is 1.40. The number of aromatic nitrogens is 2. The van der Waals surface area contributed by atoms with Gasteiger partial charge in [0.15, 0.2) is 0 Å². The van der Waals surface area contributed by atoms with E-state index in [2.05, 4.69) is 4.98 Å². The minimum absolute atomic E-state index is 0.104. The quantitative estimate of drug-likeness (QED) is 0.538. The average molecular weight is 493 g/mol. The van der Waals surface area contributed by atoms with Gasteiger partial charge in [0.2, 0.25) is 5.95 Å². The van der Waals surface area contributed by atoms with E-state index in [1.54, 1.807) is 22.8 Å². The van der Waals surface area contributed by atoms with Crippen LogP contribution in [0.15, 0.2) is 41.2 Å². The molecule has 3 heterocycles. The smallest absolute Gasteiger partial charge is 0.411 e. The molecule has 0 N–H and O–H groups in total. The van der Waals surface area contributed by atoms with Crippen LogP contribution in [0.5, 0.6) is 0 Å². The fourth-order valence-corrected chi connectivity index (χ4v) is 4.77. The third-order valence-electron chi connectivity index (χ3n) is 5.66. The van der Waals surface area contributed by atoms with Crippen LogP contribution in [0.4, 0.5) is 24.8 Å². The van der Waals surface area contributed by atoms with Crippen LogP contribution in [-0.2, 0) is 19.1 Å². The van der Waals surface area contributed by atoms with Crippen molar-refractivity contribution in [2.45, 2.75) is 33.0 Å². The molecule has 0 aliphatic carbocycles. The predicted molar refractivity (Wildman–Crippen MR) is 123 cm³/mol. The highest BCUT2D eigenvalue weighted by Crippen LogP contribution is 2.32. The summed E-state index contributed by atoms with van der Waals surface area (Å²) in [4.78, 5) is 41.0. The zero-order valence-corrected chi connectivity index (χ0v) is 19.7. The molecule has 3 aromatic rings. The van der Waals surface area contributed by atoms with Crippen molar-refractivity contribution in [1.82, 2.24) is 14.6 Å². The monoisotopic (exact) mass is 492 g/mol. The van der Waals surface area contributed by atoms with E-state index in [4.69, 9.17) is 4.84 Å². The lowest BCUT2D eigenvalue weighted by atomic mass is 10.1. The van der Waals surface area contributed by atoms with E-state index in [0.29, 0.717) is 41.3 Å². The molecule has 180 valence electrons. The Balaban J connectivity index is 1.69. The number of thiophene rings is 1. The number of amides is 1. The summed E-state index contributed by atoms with van der Waals surface area (Å²) < 4.78 is 39.9. The fraction of sp³-hybridized carbons (Fsp3) is 0.348. The maximum absolute atomic E-state index is 13.3. The van der Waals surface area contributed by atoms with Crippen LogP contribution in [-0.4, -0.2) is 40.7 Å². The Morgan fingerprint density at radius 2 is 1.91 bits per heavy atom. The second kappa shape index (κ2) is 9.13. The zero-order chi connectivity index (χ0) is 24.6. The largest absolute Gasteiger partial charge is 0.416 e. The van der Waals surface area contributed by atoms with E-state index in [-0.39, 0.29) is 18.4 Å². The minimum Gasteiger partial charge on any atom is -0.411 e. The molecule has 1 aliphatic heterocycles. The van der Waals surface area contributed by atoms with E-state index < -0.39 is 17.3 Å². The molecule has 0 saturated heterocycles. The van der Waals surface area contributed by atoms with Crippen molar-refractivity contribution in [3.63, 3.8) is 0 Å². The number of rotatable bonds is 5. The van der Waals surface area contributed by atoms with E-state index in [1.165, 1.54) is 30.6 Å². The number of halogens is 3. The summed E-state index contributed by atoms with van der Waals surface area (Å²) in [6.45, 7) is 4.56. The fourth-order valence-electron chi connectivity index (χ4n) is 3.93. The summed E-state index contributed by atoms with van der Waals surface area (Å²) in [5.41, 5.74) is 0.133. The first-order chi connectivity index (χ1) is 16.1. The van der Waals surface area contributed by atoms with Crippen LogP contribution in [0.1, 0.15) is 38.3 Å². The van der Waals surface area contributed by atoms with Crippen LogP contribution in [0.3, 0.4) is 0 Å². The third-order valence-corrected chi connectivity index (χ3v) is 6.65. The normalized spacial score (nSPS) is 13.5. The van der Waals surface area contributed by atoms with Gasteiger partial charge in [0.25, 0.3) is 11.5 Å². The van der Waals surface area contributed by atoms with E-state index >= 15 is 0 Å². The maximum Gasteiger partial charge on any atom is 0.416 e. The third kappa shape index (κ3) is 4.39. The van der Waals surface area contributed by atoms with Gasteiger partial charge in [0, 0.05) is 30.1 Å². The molecular weight excluding hydrogens is 469 g/mol. The SMILES string of the molecule is CCN(c1ccc(C(F)(F)F)cc1)c1nc2c(c(=O)n1OC)CN(C(=O)c1ccc(C)s1)CC2. The lowest BCUT2D eigenvalue weighted by Crippen LogP contribution is -2.43. The van der Waals surface area contributed by atoms with E-state index in [1.807, 2.05) is 13.0 Å². The van der Waals surface area contributed by atoms with Crippen molar-refractivity contribution in [2.75, 3.05) is 25.1 Å². The first-order valence-corrected chi connectivity index (χ1v) is 11.5. The van der Waals surface area contributed by atoms with Crippen molar-refractivity contribution in [3.05, 3.63) is 73.3 Å². The first kappa shape index (κ1) is 23.8. The molecule has 1 aliphatic rings. The lowest BCUT2D eigenvalue weighted by Gasteiger charge is -2.30. The Bertz CT molecular complexity index is 1270. The molecule has 0 unspecified atom stereocenters. The standard InChI is InChI=1S/C23H23F3N4O3S/c1-4-29(16-8-6-15(7-9-16)23(24,25)26)22-27-18-11-12-28(13-17(18)20(31)30(22)33-3)21(32)19-10-5-14(2)34-19/h5-10H,4,11-13H2,1-3H3. The highest BCUT2D eigenvalue weighted by Gasteiger charge is 2.31. The number of anilines is 2. The number of aryl methyl sites for hydroxylation is 1. The van der Waals surface area contributed by atoms with E-state index in [0.717, 1.165) is 21.7 Å². The Kier molecular flexibility index (Phi) is 6.39. The van der Waals surface area contributed by atoms with Gasteiger partial charge in [0.05, 0.1) is 28.2 Å². The van der Waals surface area contributed by atoms with Crippen LogP contribution >= 0.6 is 11.3 Å². The molecule has 2 aromatic heterocycles. The van der Waals surface area contributed by atoms with Gasteiger partial charge in [0.1, 0.15) is 7.11 Å². The van der Waals surface area contributed by atoms with Gasteiger partial charge in [-0.1, -0.05) is 0 Å². The van der Waals surface area contributed by atoms with Gasteiger partial charge in [-0.3, -0.25) is 9.59 Å². The van der Waals surface area contributed by atoms with Gasteiger partial charge in [-0.15, -0.1) is 16.1 Å². The van der Waals surface area contributed by atoms with Crippen molar-refractivity contribution >= 4 is 28.9 Å². The highest BCUT2D eigenvalue weighted by atomic mass is 32.1. The predicted octanol–water partition coefficient (Wildman–Crippen LogP) is 4.05. The number of alkyl halides is 3. The number of carbonyl (C=O) groups excluding carboxylic acids is 1. The molecule has 1 amide bonds. The van der Waals surface area contributed by atoms with Crippen molar-refractivity contribution in [3.8, 4) is 0 Å². The number of nitrogens with zero attached hydrogens (tertiary/aromatic N) is 4. The Morgan fingerprint density at radius 1 is 1.21 bits per heavy atom. The number of carbonyl (C=O) groups is 1. The Hall–Kier alpha value is -3.34. The van der Waals surface area contributed by atoms with Crippen LogP contribution in [0.25, 0.3) is 0 Å². The van der Waals surface area contributed by atoms with Gasteiger partial charge >= 0.3 is 6.18 Å². The molecule has 11 heteroatoms. The number of hydrogen-bond acceptors (Lipinski definition) is 6.